The fourth-order valence-electron chi connectivity index (χ4n) is 1.82. The Kier molecular flexibility index (Phi) is 3.89. The van der Waals surface area contributed by atoms with Crippen LogP contribution in [-0.4, -0.2) is 29.7 Å². The summed E-state index contributed by atoms with van der Waals surface area (Å²) >= 11 is 0. The van der Waals surface area contributed by atoms with Crippen LogP contribution in [0.5, 0.6) is 0 Å². The molecule has 0 aromatic rings. The molecule has 3 nitrogen and oxygen atoms in total. The molecule has 1 aliphatic heterocycles. The average molecular weight is 211 g/mol. The molecule has 0 saturated carbocycles. The number of nitrogens with zero attached hydrogens (tertiary/aromatic N) is 1. The smallest absolute Gasteiger partial charge is 0.222 e. The summed E-state index contributed by atoms with van der Waals surface area (Å²) in [6, 6.07) is 0. The summed E-state index contributed by atoms with van der Waals surface area (Å²) in [7, 11) is 0. The van der Waals surface area contributed by atoms with Gasteiger partial charge in [-0.15, -0.1) is 0 Å². The Morgan fingerprint density at radius 3 is 2.67 bits per heavy atom. The summed E-state index contributed by atoms with van der Waals surface area (Å²) in [6.45, 7) is 7.39. The van der Waals surface area contributed by atoms with E-state index in [1.165, 1.54) is 0 Å². The molecule has 0 radical (unpaired) electrons. The first-order chi connectivity index (χ1) is 6.91. The van der Waals surface area contributed by atoms with Crippen molar-refractivity contribution in [3.63, 3.8) is 0 Å². The van der Waals surface area contributed by atoms with Gasteiger partial charge in [-0.2, -0.15) is 0 Å². The van der Waals surface area contributed by atoms with Crippen LogP contribution in [0.2, 0.25) is 0 Å². The van der Waals surface area contributed by atoms with E-state index >= 15 is 0 Å². The van der Waals surface area contributed by atoms with Gasteiger partial charge >= 0.3 is 0 Å². The Morgan fingerprint density at radius 2 is 2.07 bits per heavy atom. The van der Waals surface area contributed by atoms with Crippen LogP contribution < -0.4 is 0 Å². The zero-order valence-corrected chi connectivity index (χ0v) is 10.0. The highest BCUT2D eigenvalue weighted by Gasteiger charge is 2.27. The van der Waals surface area contributed by atoms with Crippen molar-refractivity contribution < 1.29 is 9.59 Å². The van der Waals surface area contributed by atoms with E-state index in [1.807, 2.05) is 4.90 Å². The minimum atomic E-state index is 0.159. The maximum atomic E-state index is 11.7. The summed E-state index contributed by atoms with van der Waals surface area (Å²) in [5.41, 5.74) is 0.265. The third-order valence-electron chi connectivity index (χ3n) is 3.16. The van der Waals surface area contributed by atoms with E-state index < -0.39 is 0 Å². The molecule has 1 rings (SSSR count). The van der Waals surface area contributed by atoms with Crippen molar-refractivity contribution in [2.24, 2.45) is 5.41 Å². The van der Waals surface area contributed by atoms with Crippen molar-refractivity contribution in [2.45, 2.75) is 46.5 Å². The Hall–Kier alpha value is -0.860. The summed E-state index contributed by atoms with van der Waals surface area (Å²) in [6.07, 6.45) is 3.12. The van der Waals surface area contributed by atoms with Gasteiger partial charge in [0.15, 0.2) is 0 Å². The number of amides is 1. The number of rotatable bonds is 3. The molecular formula is C12H21NO2. The van der Waals surface area contributed by atoms with Crippen LogP contribution in [0.4, 0.5) is 0 Å². The number of hydrogen-bond donors (Lipinski definition) is 0. The summed E-state index contributed by atoms with van der Waals surface area (Å²) in [5, 5.41) is 0. The molecule has 15 heavy (non-hydrogen) atoms. The molecule has 0 spiro atoms. The first-order valence-corrected chi connectivity index (χ1v) is 5.68. The first-order valence-electron chi connectivity index (χ1n) is 5.68. The fraction of sp³-hybridized carbons (Fsp3) is 0.833. The second-order valence-corrected chi connectivity index (χ2v) is 5.25. The summed E-state index contributed by atoms with van der Waals surface area (Å²) < 4.78 is 0. The predicted octanol–water partition coefficient (Wildman–Crippen LogP) is 2.00. The van der Waals surface area contributed by atoms with Crippen LogP contribution in [0, 0.1) is 5.41 Å². The number of likely N-dealkylation sites (tertiary alicyclic amines) is 1. The SMILES string of the molecule is CC(=O)CCN1CCC(C)(C)CCC1=O. The van der Waals surface area contributed by atoms with E-state index in [0.717, 1.165) is 19.4 Å². The topological polar surface area (TPSA) is 37.4 Å². The lowest BCUT2D eigenvalue weighted by Crippen LogP contribution is -2.32. The van der Waals surface area contributed by atoms with Crippen molar-refractivity contribution in [2.75, 3.05) is 13.1 Å². The zero-order chi connectivity index (χ0) is 11.5. The van der Waals surface area contributed by atoms with Gasteiger partial charge in [0, 0.05) is 25.9 Å². The molecule has 1 heterocycles. The molecule has 0 bridgehead atoms. The van der Waals surface area contributed by atoms with Gasteiger partial charge < -0.3 is 4.90 Å². The van der Waals surface area contributed by atoms with E-state index in [1.54, 1.807) is 6.92 Å². The van der Waals surface area contributed by atoms with Crippen molar-refractivity contribution in [3.8, 4) is 0 Å². The van der Waals surface area contributed by atoms with E-state index in [2.05, 4.69) is 13.8 Å². The van der Waals surface area contributed by atoms with Crippen molar-refractivity contribution in [1.29, 1.82) is 0 Å². The van der Waals surface area contributed by atoms with Crippen molar-refractivity contribution in [1.82, 2.24) is 4.90 Å². The Morgan fingerprint density at radius 1 is 1.40 bits per heavy atom. The molecular weight excluding hydrogens is 190 g/mol. The lowest BCUT2D eigenvalue weighted by molar-refractivity contribution is -0.131. The normalized spacial score (nSPS) is 21.3. The quantitative estimate of drug-likeness (QED) is 0.716. The van der Waals surface area contributed by atoms with E-state index in [4.69, 9.17) is 0 Å². The van der Waals surface area contributed by atoms with E-state index in [-0.39, 0.29) is 17.1 Å². The van der Waals surface area contributed by atoms with Gasteiger partial charge in [0.25, 0.3) is 0 Å². The molecule has 1 fully saturated rings. The highest BCUT2D eigenvalue weighted by atomic mass is 16.2. The van der Waals surface area contributed by atoms with Crippen molar-refractivity contribution >= 4 is 11.7 Å². The van der Waals surface area contributed by atoms with Crippen LogP contribution in [0.3, 0.4) is 0 Å². The zero-order valence-electron chi connectivity index (χ0n) is 10.0. The number of carbonyl (C=O) groups is 2. The standard InChI is InChI=1S/C12H21NO2/c1-10(14)5-8-13-9-7-12(2,3)6-4-11(13)15/h4-9H2,1-3H3. The molecule has 0 atom stereocenters. The van der Waals surface area contributed by atoms with Gasteiger partial charge in [0.1, 0.15) is 5.78 Å². The molecule has 0 N–H and O–H groups in total. The number of carbonyl (C=O) groups excluding carboxylic acids is 2. The second-order valence-electron chi connectivity index (χ2n) is 5.25. The lowest BCUT2D eigenvalue weighted by Gasteiger charge is -2.23. The molecule has 1 aliphatic rings. The van der Waals surface area contributed by atoms with E-state index in [9.17, 15) is 9.59 Å². The fourth-order valence-corrected chi connectivity index (χ4v) is 1.82. The molecule has 0 aromatic heterocycles. The third-order valence-corrected chi connectivity index (χ3v) is 3.16. The molecule has 0 unspecified atom stereocenters. The first kappa shape index (κ1) is 12.2. The van der Waals surface area contributed by atoms with Gasteiger partial charge in [0.2, 0.25) is 5.91 Å². The Bertz CT molecular complexity index is 258. The van der Waals surface area contributed by atoms with Crippen molar-refractivity contribution in [3.05, 3.63) is 0 Å². The van der Waals surface area contributed by atoms with Crippen LogP contribution in [0.25, 0.3) is 0 Å². The predicted molar refractivity (Wildman–Crippen MR) is 59.5 cm³/mol. The van der Waals surface area contributed by atoms with Gasteiger partial charge in [-0.05, 0) is 25.2 Å². The van der Waals surface area contributed by atoms with Crippen LogP contribution in [-0.2, 0) is 9.59 Å². The Balaban J connectivity index is 2.50. The molecule has 1 amide bonds. The summed E-state index contributed by atoms with van der Waals surface area (Å²) in [4.78, 5) is 24.4. The number of hydrogen-bond acceptors (Lipinski definition) is 2. The van der Waals surface area contributed by atoms with E-state index in [0.29, 0.717) is 19.4 Å². The molecule has 1 saturated heterocycles. The van der Waals surface area contributed by atoms with Crippen LogP contribution in [0.1, 0.15) is 46.5 Å². The van der Waals surface area contributed by atoms with Crippen LogP contribution in [0.15, 0.2) is 0 Å². The van der Waals surface area contributed by atoms with Gasteiger partial charge in [-0.25, -0.2) is 0 Å². The highest BCUT2D eigenvalue weighted by Crippen LogP contribution is 2.30. The Labute approximate surface area is 91.8 Å². The minimum absolute atomic E-state index is 0.159. The lowest BCUT2D eigenvalue weighted by atomic mass is 9.85. The summed E-state index contributed by atoms with van der Waals surface area (Å²) in [5.74, 6) is 0.369. The van der Waals surface area contributed by atoms with Gasteiger partial charge in [0.05, 0.1) is 0 Å². The monoisotopic (exact) mass is 211 g/mol. The number of Topliss-reactive ketones (excluding diaryl/α,β-unsaturated/α-hetero) is 1. The van der Waals surface area contributed by atoms with Gasteiger partial charge in [-0.1, -0.05) is 13.8 Å². The molecule has 3 heteroatoms. The average Bonchev–Trinajstić information content (AvgIpc) is 2.25. The third kappa shape index (κ3) is 4.02. The minimum Gasteiger partial charge on any atom is -0.342 e. The van der Waals surface area contributed by atoms with Gasteiger partial charge in [-0.3, -0.25) is 9.59 Å². The largest absolute Gasteiger partial charge is 0.342 e. The highest BCUT2D eigenvalue weighted by molar-refractivity contribution is 5.79. The molecule has 0 aliphatic carbocycles. The molecule has 0 aromatic carbocycles. The maximum Gasteiger partial charge on any atom is 0.222 e. The number of ketones is 1. The van der Waals surface area contributed by atoms with Crippen LogP contribution >= 0.6 is 0 Å². The molecule has 86 valence electrons. The second kappa shape index (κ2) is 4.77. The maximum absolute atomic E-state index is 11.7.